The Bertz CT molecular complexity index is 833. The van der Waals surface area contributed by atoms with Gasteiger partial charge in [0.25, 0.3) is 5.91 Å². The number of hydrogen-bond donors (Lipinski definition) is 1. The van der Waals surface area contributed by atoms with Gasteiger partial charge in [-0.05, 0) is 22.0 Å². The number of imidazole rings is 1. The number of nitrogens with zero attached hydrogens (tertiary/aromatic N) is 4. The number of amides is 2. The third-order valence-corrected chi connectivity index (χ3v) is 3.42. The molecule has 1 aromatic heterocycles. The van der Waals surface area contributed by atoms with E-state index in [1.165, 1.54) is 30.7 Å². The molecule has 1 heterocycles. The molecule has 1 aromatic carbocycles. The van der Waals surface area contributed by atoms with Crippen molar-refractivity contribution in [3.05, 3.63) is 51.7 Å². The van der Waals surface area contributed by atoms with Crippen LogP contribution in [0, 0.1) is 22.9 Å². The first-order chi connectivity index (χ1) is 11.2. The third-order valence-electron chi connectivity index (χ3n) is 3.42. The maximum Gasteiger partial charge on any atom is 0.381 e. The van der Waals surface area contributed by atoms with E-state index in [1.807, 2.05) is 0 Å². The fourth-order valence-corrected chi connectivity index (χ4v) is 2.17. The zero-order chi connectivity index (χ0) is 18.0. The Morgan fingerprint density at radius 1 is 1.46 bits per heavy atom. The highest BCUT2D eigenvalue weighted by Gasteiger charge is 2.23. The summed E-state index contributed by atoms with van der Waals surface area (Å²) in [4.78, 5) is 38.5. The standard InChI is InChI=1S/C14H14FN5O4/c1-8-17-11(20(23)24)6-19(8)7-12(21)18(2)13-9(14(16)22)4-3-5-10(13)15/h3-6H,7H2,1-2H3,(H2,16,22). The van der Waals surface area contributed by atoms with Crippen molar-refractivity contribution in [2.75, 3.05) is 11.9 Å². The molecule has 9 nitrogen and oxygen atoms in total. The van der Waals surface area contributed by atoms with E-state index in [0.29, 0.717) is 0 Å². The normalized spacial score (nSPS) is 10.5. The largest absolute Gasteiger partial charge is 0.381 e. The molecular formula is C14H14FN5O4. The molecule has 0 aliphatic heterocycles. The molecule has 0 unspecified atom stereocenters. The Balaban J connectivity index is 2.31. The average Bonchev–Trinajstić information content (AvgIpc) is 2.87. The van der Waals surface area contributed by atoms with Gasteiger partial charge in [0.1, 0.15) is 18.6 Å². The van der Waals surface area contributed by atoms with Crippen LogP contribution in [0.5, 0.6) is 0 Å². The van der Waals surface area contributed by atoms with Crippen molar-refractivity contribution < 1.29 is 18.9 Å². The molecule has 0 aliphatic carbocycles. The van der Waals surface area contributed by atoms with Crippen LogP contribution in [0.25, 0.3) is 0 Å². The van der Waals surface area contributed by atoms with E-state index in [9.17, 15) is 24.1 Å². The van der Waals surface area contributed by atoms with Gasteiger partial charge in [-0.3, -0.25) is 14.2 Å². The van der Waals surface area contributed by atoms with Crippen LogP contribution in [0.1, 0.15) is 16.2 Å². The minimum atomic E-state index is -0.876. The van der Waals surface area contributed by atoms with E-state index in [2.05, 4.69) is 4.98 Å². The monoisotopic (exact) mass is 335 g/mol. The first-order valence-corrected chi connectivity index (χ1v) is 6.75. The summed E-state index contributed by atoms with van der Waals surface area (Å²) in [5.41, 5.74) is 4.81. The number of primary amides is 1. The lowest BCUT2D eigenvalue weighted by Crippen LogP contribution is -2.33. The highest BCUT2D eigenvalue weighted by Crippen LogP contribution is 2.24. The predicted molar refractivity (Wildman–Crippen MR) is 81.9 cm³/mol. The van der Waals surface area contributed by atoms with Gasteiger partial charge in [-0.15, -0.1) is 0 Å². The molecular weight excluding hydrogens is 321 g/mol. The van der Waals surface area contributed by atoms with E-state index >= 15 is 0 Å². The van der Waals surface area contributed by atoms with Crippen LogP contribution in [0.15, 0.2) is 24.4 Å². The first kappa shape index (κ1) is 17.1. The van der Waals surface area contributed by atoms with Crippen LogP contribution >= 0.6 is 0 Å². The van der Waals surface area contributed by atoms with Gasteiger partial charge in [-0.2, -0.15) is 0 Å². The first-order valence-electron chi connectivity index (χ1n) is 6.75. The smallest absolute Gasteiger partial charge is 0.366 e. The van der Waals surface area contributed by atoms with Gasteiger partial charge in [0, 0.05) is 14.0 Å². The molecule has 0 spiro atoms. The highest BCUT2D eigenvalue weighted by atomic mass is 19.1. The fourth-order valence-electron chi connectivity index (χ4n) is 2.17. The molecule has 0 saturated carbocycles. The van der Waals surface area contributed by atoms with Crippen molar-refractivity contribution in [2.45, 2.75) is 13.5 Å². The molecule has 0 aliphatic rings. The Kier molecular flexibility index (Phi) is 4.58. The highest BCUT2D eigenvalue weighted by molar-refractivity contribution is 6.04. The molecule has 2 N–H and O–H groups in total. The second-order valence-corrected chi connectivity index (χ2v) is 4.98. The van der Waals surface area contributed by atoms with Crippen LogP contribution in [-0.4, -0.2) is 33.3 Å². The second-order valence-electron chi connectivity index (χ2n) is 4.98. The Hall–Kier alpha value is -3.30. The van der Waals surface area contributed by atoms with Crippen molar-refractivity contribution >= 4 is 23.3 Å². The number of halogens is 1. The second kappa shape index (κ2) is 6.44. The fraction of sp³-hybridized carbons (Fsp3) is 0.214. The van der Waals surface area contributed by atoms with Crippen molar-refractivity contribution in [1.29, 1.82) is 0 Å². The van der Waals surface area contributed by atoms with E-state index in [4.69, 9.17) is 5.73 Å². The molecule has 0 radical (unpaired) electrons. The number of para-hydroxylation sites is 1. The van der Waals surface area contributed by atoms with Gasteiger partial charge in [0.15, 0.2) is 0 Å². The van der Waals surface area contributed by atoms with Crippen LogP contribution in [0.2, 0.25) is 0 Å². The summed E-state index contributed by atoms with van der Waals surface area (Å²) in [6.45, 7) is 1.19. The summed E-state index contributed by atoms with van der Waals surface area (Å²) >= 11 is 0. The zero-order valence-corrected chi connectivity index (χ0v) is 12.9. The summed E-state index contributed by atoms with van der Waals surface area (Å²) in [5, 5.41) is 10.7. The number of carbonyl (C=O) groups excluding carboxylic acids is 2. The van der Waals surface area contributed by atoms with Crippen LogP contribution in [0.4, 0.5) is 15.9 Å². The van der Waals surface area contributed by atoms with Gasteiger partial charge >= 0.3 is 5.82 Å². The van der Waals surface area contributed by atoms with Crippen LogP contribution < -0.4 is 10.6 Å². The zero-order valence-electron chi connectivity index (χ0n) is 12.9. The van der Waals surface area contributed by atoms with E-state index in [0.717, 1.165) is 17.2 Å². The topological polar surface area (TPSA) is 124 Å². The lowest BCUT2D eigenvalue weighted by molar-refractivity contribution is -0.389. The predicted octanol–water partition coefficient (Wildman–Crippen LogP) is 1.00. The SMILES string of the molecule is Cc1nc([N+](=O)[O-])cn1CC(=O)N(C)c1c(F)cccc1C(N)=O. The molecule has 24 heavy (non-hydrogen) atoms. The Morgan fingerprint density at radius 3 is 2.67 bits per heavy atom. The molecule has 0 saturated heterocycles. The van der Waals surface area contributed by atoms with Crippen molar-refractivity contribution in [1.82, 2.24) is 9.55 Å². The average molecular weight is 335 g/mol. The number of anilines is 1. The number of nitrogens with two attached hydrogens (primary N) is 1. The van der Waals surface area contributed by atoms with Crippen molar-refractivity contribution in [3.63, 3.8) is 0 Å². The lowest BCUT2D eigenvalue weighted by Gasteiger charge is -2.20. The van der Waals surface area contributed by atoms with Crippen LogP contribution in [-0.2, 0) is 11.3 Å². The van der Waals surface area contributed by atoms with Gasteiger partial charge in [0.2, 0.25) is 11.7 Å². The third kappa shape index (κ3) is 3.21. The Labute approximate surface area is 135 Å². The Morgan fingerprint density at radius 2 is 2.12 bits per heavy atom. The van der Waals surface area contributed by atoms with Gasteiger partial charge < -0.3 is 20.7 Å². The van der Waals surface area contributed by atoms with Crippen molar-refractivity contribution in [3.8, 4) is 0 Å². The summed E-state index contributed by atoms with van der Waals surface area (Å²) in [6.07, 6.45) is 1.11. The number of rotatable bonds is 5. The van der Waals surface area contributed by atoms with Gasteiger partial charge in [-0.1, -0.05) is 6.07 Å². The number of aryl methyl sites for hydroxylation is 1. The summed E-state index contributed by atoms with van der Waals surface area (Å²) in [5.74, 6) is -2.40. The number of hydrogen-bond acceptors (Lipinski definition) is 5. The van der Waals surface area contributed by atoms with Crippen molar-refractivity contribution in [2.24, 2.45) is 5.73 Å². The van der Waals surface area contributed by atoms with E-state index < -0.39 is 28.4 Å². The quantitative estimate of drug-likeness (QED) is 0.644. The molecule has 2 amide bonds. The van der Waals surface area contributed by atoms with Gasteiger partial charge in [-0.25, -0.2) is 4.39 Å². The number of carbonyl (C=O) groups is 2. The van der Waals surface area contributed by atoms with Gasteiger partial charge in [0.05, 0.1) is 11.3 Å². The number of benzene rings is 1. The molecule has 0 atom stereocenters. The lowest BCUT2D eigenvalue weighted by atomic mass is 10.1. The molecule has 0 fully saturated rings. The van der Waals surface area contributed by atoms with E-state index in [1.54, 1.807) is 0 Å². The molecule has 126 valence electrons. The summed E-state index contributed by atoms with van der Waals surface area (Å²) in [6, 6.07) is 3.71. The number of nitro groups is 1. The molecule has 2 rings (SSSR count). The molecule has 0 bridgehead atoms. The minimum absolute atomic E-state index is 0.140. The number of aromatic nitrogens is 2. The summed E-state index contributed by atoms with van der Waals surface area (Å²) in [7, 11) is 1.29. The van der Waals surface area contributed by atoms with Crippen LogP contribution in [0.3, 0.4) is 0 Å². The maximum atomic E-state index is 14.0. The molecule has 10 heteroatoms. The summed E-state index contributed by atoms with van der Waals surface area (Å²) < 4.78 is 15.3. The number of likely N-dealkylation sites (N-methyl/N-ethyl adjacent to an activating group) is 1. The minimum Gasteiger partial charge on any atom is -0.366 e. The molecule has 2 aromatic rings. The maximum absolute atomic E-state index is 14.0. The van der Waals surface area contributed by atoms with E-state index in [-0.39, 0.29) is 23.6 Å².